The number of sulfonamides is 1. The molecular weight excluding hydrogens is 301 g/mol. The number of nitrogens with zero attached hydrogens (tertiary/aromatic N) is 1. The molecule has 5 nitrogen and oxygen atoms in total. The second-order valence-corrected chi connectivity index (χ2v) is 7.09. The maximum atomic E-state index is 13.6. The van der Waals surface area contributed by atoms with Gasteiger partial charge >= 0.3 is 0 Å². The molecule has 2 heterocycles. The molecule has 0 unspecified atom stereocenters. The minimum absolute atomic E-state index is 0.280. The second kappa shape index (κ2) is 5.12. The maximum absolute atomic E-state index is 13.6. The van der Waals surface area contributed by atoms with Gasteiger partial charge in [-0.1, -0.05) is 23.5 Å². The summed E-state index contributed by atoms with van der Waals surface area (Å²) < 4.78 is 40.2. The summed E-state index contributed by atoms with van der Waals surface area (Å²) in [4.78, 5) is 4.90. The van der Waals surface area contributed by atoms with Crippen LogP contribution in [0.25, 0.3) is 0 Å². The lowest BCUT2D eigenvalue weighted by Crippen LogP contribution is -2.22. The van der Waals surface area contributed by atoms with Gasteiger partial charge in [0.1, 0.15) is 10.7 Å². The fourth-order valence-corrected chi connectivity index (χ4v) is 4.29. The van der Waals surface area contributed by atoms with Gasteiger partial charge in [-0.15, -0.1) is 0 Å². The predicted molar refractivity (Wildman–Crippen MR) is 74.7 cm³/mol. The van der Waals surface area contributed by atoms with Crippen molar-refractivity contribution >= 4 is 26.5 Å². The van der Waals surface area contributed by atoms with E-state index in [9.17, 15) is 12.8 Å². The molecule has 3 rings (SSSR count). The monoisotopic (exact) mass is 313 g/mol. The lowest BCUT2D eigenvalue weighted by Gasteiger charge is -2.09. The first-order valence-corrected chi connectivity index (χ1v) is 8.33. The van der Waals surface area contributed by atoms with Gasteiger partial charge in [0.2, 0.25) is 0 Å². The first-order chi connectivity index (χ1) is 9.56. The van der Waals surface area contributed by atoms with Gasteiger partial charge in [0, 0.05) is 24.4 Å². The molecule has 20 heavy (non-hydrogen) atoms. The third kappa shape index (κ3) is 2.54. The quantitative estimate of drug-likeness (QED) is 0.905. The number of fused-ring (bicyclic) bond motifs is 1. The van der Waals surface area contributed by atoms with Crippen molar-refractivity contribution in [2.75, 3.05) is 11.3 Å². The van der Waals surface area contributed by atoms with Crippen molar-refractivity contribution in [3.8, 4) is 0 Å². The number of anilines is 1. The van der Waals surface area contributed by atoms with Gasteiger partial charge in [0.15, 0.2) is 5.13 Å². The van der Waals surface area contributed by atoms with Crippen LogP contribution in [0.1, 0.15) is 10.6 Å². The van der Waals surface area contributed by atoms with Crippen molar-refractivity contribution in [2.24, 2.45) is 0 Å². The molecule has 1 aliphatic rings. The van der Waals surface area contributed by atoms with E-state index in [1.807, 2.05) is 0 Å². The number of aromatic nitrogens is 1. The lowest BCUT2D eigenvalue weighted by atomic mass is 10.2. The van der Waals surface area contributed by atoms with Crippen molar-refractivity contribution in [1.82, 2.24) is 10.3 Å². The molecule has 1 aromatic carbocycles. The van der Waals surface area contributed by atoms with Crippen LogP contribution in [0, 0.1) is 5.82 Å². The Balaban J connectivity index is 1.90. The Kier molecular flexibility index (Phi) is 3.45. The fraction of sp³-hybridized carbons (Fsp3) is 0.250. The molecule has 2 aromatic rings. The number of benzene rings is 1. The summed E-state index contributed by atoms with van der Waals surface area (Å²) in [6, 6.07) is 5.27. The molecule has 0 bridgehead atoms. The lowest BCUT2D eigenvalue weighted by molar-refractivity contribution is 0.570. The van der Waals surface area contributed by atoms with Crippen molar-refractivity contribution in [3.63, 3.8) is 0 Å². The summed E-state index contributed by atoms with van der Waals surface area (Å²) in [5.41, 5.74) is 0.903. The van der Waals surface area contributed by atoms with E-state index >= 15 is 0 Å². The molecular formula is C12H12FN3O2S2. The van der Waals surface area contributed by atoms with Crippen LogP contribution < -0.4 is 10.0 Å². The van der Waals surface area contributed by atoms with Crippen molar-refractivity contribution in [3.05, 3.63) is 40.7 Å². The normalized spacial score (nSPS) is 14.8. The van der Waals surface area contributed by atoms with Crippen molar-refractivity contribution in [1.29, 1.82) is 0 Å². The first-order valence-electron chi connectivity index (χ1n) is 6.03. The Morgan fingerprint density at radius 3 is 2.90 bits per heavy atom. The summed E-state index contributed by atoms with van der Waals surface area (Å²) >= 11 is 1.28. The molecule has 0 radical (unpaired) electrons. The molecule has 0 atom stereocenters. The Hall–Kier alpha value is -1.51. The third-order valence-corrected chi connectivity index (χ3v) is 5.46. The smallest absolute Gasteiger partial charge is 0.266 e. The minimum Gasteiger partial charge on any atom is -0.311 e. The average molecular weight is 313 g/mol. The van der Waals surface area contributed by atoms with Crippen molar-refractivity contribution in [2.45, 2.75) is 17.9 Å². The zero-order valence-corrected chi connectivity index (χ0v) is 12.0. The molecule has 0 saturated heterocycles. The van der Waals surface area contributed by atoms with Gasteiger partial charge in [-0.3, -0.25) is 4.72 Å². The summed E-state index contributed by atoms with van der Waals surface area (Å²) in [6.07, 6.45) is 0.771. The Morgan fingerprint density at radius 2 is 2.15 bits per heavy atom. The molecule has 0 aliphatic carbocycles. The zero-order valence-electron chi connectivity index (χ0n) is 10.4. The second-order valence-electron chi connectivity index (χ2n) is 4.35. The van der Waals surface area contributed by atoms with E-state index in [1.165, 1.54) is 29.5 Å². The van der Waals surface area contributed by atoms with Crippen LogP contribution in [0.3, 0.4) is 0 Å². The molecule has 1 aliphatic heterocycles. The number of rotatable bonds is 3. The van der Waals surface area contributed by atoms with Crippen LogP contribution in [-0.4, -0.2) is 19.9 Å². The van der Waals surface area contributed by atoms with E-state index in [4.69, 9.17) is 0 Å². The highest BCUT2D eigenvalue weighted by Crippen LogP contribution is 2.27. The molecule has 2 N–H and O–H groups in total. The number of halogens is 1. The maximum Gasteiger partial charge on any atom is 0.266 e. The minimum atomic E-state index is -3.94. The van der Waals surface area contributed by atoms with E-state index in [2.05, 4.69) is 15.0 Å². The first kappa shape index (κ1) is 13.5. The van der Waals surface area contributed by atoms with E-state index in [1.54, 1.807) is 0 Å². The van der Waals surface area contributed by atoms with E-state index < -0.39 is 15.8 Å². The van der Waals surface area contributed by atoms with Gasteiger partial charge in [-0.25, -0.2) is 17.8 Å². The largest absolute Gasteiger partial charge is 0.311 e. The van der Waals surface area contributed by atoms with E-state index in [-0.39, 0.29) is 10.0 Å². The van der Waals surface area contributed by atoms with E-state index in [0.29, 0.717) is 6.54 Å². The van der Waals surface area contributed by atoms with Crippen LogP contribution in [0.4, 0.5) is 9.52 Å². The Bertz CT molecular complexity index is 719. The van der Waals surface area contributed by atoms with Crippen LogP contribution in [0.2, 0.25) is 0 Å². The van der Waals surface area contributed by atoms with Gasteiger partial charge in [-0.2, -0.15) is 0 Å². The van der Waals surface area contributed by atoms with E-state index in [0.717, 1.165) is 29.6 Å². The molecule has 0 spiro atoms. The summed E-state index contributed by atoms with van der Waals surface area (Å²) in [7, 11) is -3.94. The Morgan fingerprint density at radius 1 is 1.35 bits per heavy atom. The molecule has 8 heteroatoms. The van der Waals surface area contributed by atoms with Gasteiger partial charge in [-0.05, 0) is 12.1 Å². The molecule has 106 valence electrons. The van der Waals surface area contributed by atoms with Gasteiger partial charge in [0.05, 0.1) is 5.69 Å². The summed E-state index contributed by atoms with van der Waals surface area (Å²) in [5, 5.41) is 3.47. The standard InChI is InChI=1S/C12H12FN3O2S2/c13-8-3-1-2-4-11(8)20(17,18)16-12-15-9-5-6-14-7-10(9)19-12/h1-4,14H,5-7H2,(H,15,16). The SMILES string of the molecule is O=S(=O)(Nc1nc2c(s1)CNCC2)c1ccccc1F. The van der Waals surface area contributed by atoms with Crippen molar-refractivity contribution < 1.29 is 12.8 Å². The van der Waals surface area contributed by atoms with Crippen LogP contribution in [0.15, 0.2) is 29.2 Å². The molecule has 0 fully saturated rings. The average Bonchev–Trinajstić information content (AvgIpc) is 2.80. The molecule has 0 saturated carbocycles. The highest BCUT2D eigenvalue weighted by atomic mass is 32.2. The Labute approximate surface area is 119 Å². The highest BCUT2D eigenvalue weighted by Gasteiger charge is 2.22. The van der Waals surface area contributed by atoms with Crippen LogP contribution in [-0.2, 0) is 23.0 Å². The number of hydrogen-bond donors (Lipinski definition) is 2. The number of nitrogens with one attached hydrogen (secondary N) is 2. The fourth-order valence-electron chi connectivity index (χ4n) is 2.00. The topological polar surface area (TPSA) is 71.1 Å². The summed E-state index contributed by atoms with van der Waals surface area (Å²) in [5.74, 6) is -0.775. The summed E-state index contributed by atoms with van der Waals surface area (Å²) in [6.45, 7) is 1.52. The predicted octanol–water partition coefficient (Wildman–Crippen LogP) is 1.73. The van der Waals surface area contributed by atoms with Gasteiger partial charge in [0.25, 0.3) is 10.0 Å². The third-order valence-electron chi connectivity index (χ3n) is 2.95. The van der Waals surface area contributed by atoms with Crippen LogP contribution >= 0.6 is 11.3 Å². The van der Waals surface area contributed by atoms with Crippen LogP contribution in [0.5, 0.6) is 0 Å². The number of hydrogen-bond acceptors (Lipinski definition) is 5. The van der Waals surface area contributed by atoms with Gasteiger partial charge < -0.3 is 5.32 Å². The molecule has 1 aromatic heterocycles. The molecule has 0 amide bonds. The zero-order chi connectivity index (χ0) is 14.2. The highest BCUT2D eigenvalue weighted by molar-refractivity contribution is 7.93. The number of thiazole rings is 1.